The number of nitrogens with zero attached hydrogens (tertiary/aromatic N) is 1. The Balaban J connectivity index is 2.87. The van der Waals surface area contributed by atoms with Crippen LogP contribution in [0.5, 0.6) is 0 Å². The third-order valence-corrected chi connectivity index (χ3v) is 3.30. The Hall–Kier alpha value is -2.12. The topological polar surface area (TPSA) is 119 Å². The van der Waals surface area contributed by atoms with Crippen molar-refractivity contribution in [3.63, 3.8) is 0 Å². The molecular formula is C11H11N3O3S. The molecule has 0 spiro atoms. The lowest BCUT2D eigenvalue weighted by molar-refractivity contribution is 0.484. The molecule has 0 heterocycles. The monoisotopic (exact) mass is 265 g/mol. The summed E-state index contributed by atoms with van der Waals surface area (Å²) in [7, 11) is -4.29. The fraction of sp³-hybridized carbons (Fsp3) is 0. The second-order valence-corrected chi connectivity index (χ2v) is 5.03. The van der Waals surface area contributed by atoms with Crippen molar-refractivity contribution in [3.05, 3.63) is 36.4 Å². The highest BCUT2D eigenvalue weighted by molar-refractivity contribution is 7.86. The Kier molecular flexibility index (Phi) is 2.93. The summed E-state index contributed by atoms with van der Waals surface area (Å²) in [5.74, 6) is -0.125. The average Bonchev–Trinajstić information content (AvgIpc) is 2.27. The SMILES string of the molecule is NC(N)=Nc1ccc(S(=O)(=O)O)c2ccccc12. The maximum Gasteiger partial charge on any atom is 0.295 e. The Morgan fingerprint density at radius 1 is 1.06 bits per heavy atom. The first-order chi connectivity index (χ1) is 8.39. The van der Waals surface area contributed by atoms with Crippen molar-refractivity contribution in [3.8, 4) is 0 Å². The van der Waals surface area contributed by atoms with Gasteiger partial charge in [-0.15, -0.1) is 0 Å². The van der Waals surface area contributed by atoms with Gasteiger partial charge >= 0.3 is 0 Å². The summed E-state index contributed by atoms with van der Waals surface area (Å²) in [5, 5.41) is 0.906. The van der Waals surface area contributed by atoms with Crippen LogP contribution in [-0.2, 0) is 10.1 Å². The summed E-state index contributed by atoms with van der Waals surface area (Å²) in [6.45, 7) is 0. The summed E-state index contributed by atoms with van der Waals surface area (Å²) < 4.78 is 31.6. The fourth-order valence-electron chi connectivity index (χ4n) is 1.72. The summed E-state index contributed by atoms with van der Waals surface area (Å²) in [4.78, 5) is 3.73. The van der Waals surface area contributed by atoms with E-state index in [1.165, 1.54) is 12.1 Å². The molecule has 2 rings (SSSR count). The quantitative estimate of drug-likeness (QED) is 0.425. The van der Waals surface area contributed by atoms with Gasteiger partial charge < -0.3 is 11.5 Å². The first-order valence-corrected chi connectivity index (χ1v) is 6.42. The zero-order chi connectivity index (χ0) is 13.3. The van der Waals surface area contributed by atoms with Gasteiger partial charge in [-0.05, 0) is 12.1 Å². The van der Waals surface area contributed by atoms with Crippen LogP contribution in [0.3, 0.4) is 0 Å². The van der Waals surface area contributed by atoms with Gasteiger partial charge in [0.25, 0.3) is 10.1 Å². The summed E-state index contributed by atoms with van der Waals surface area (Å²) in [6.07, 6.45) is 0. The molecule has 0 radical (unpaired) electrons. The molecule has 0 fully saturated rings. The van der Waals surface area contributed by atoms with E-state index in [-0.39, 0.29) is 10.9 Å². The predicted octanol–water partition coefficient (Wildman–Crippen LogP) is 0.991. The first kappa shape index (κ1) is 12.3. The van der Waals surface area contributed by atoms with Crippen molar-refractivity contribution >= 4 is 32.5 Å². The highest BCUT2D eigenvalue weighted by Gasteiger charge is 2.15. The van der Waals surface area contributed by atoms with Crippen molar-refractivity contribution < 1.29 is 13.0 Å². The number of fused-ring (bicyclic) bond motifs is 1. The lowest BCUT2D eigenvalue weighted by Crippen LogP contribution is -2.21. The molecular weight excluding hydrogens is 254 g/mol. The van der Waals surface area contributed by atoms with E-state index >= 15 is 0 Å². The van der Waals surface area contributed by atoms with E-state index < -0.39 is 10.1 Å². The maximum atomic E-state index is 11.3. The number of aliphatic imine (C=N–C) groups is 1. The minimum atomic E-state index is -4.29. The highest BCUT2D eigenvalue weighted by atomic mass is 32.2. The van der Waals surface area contributed by atoms with E-state index in [0.29, 0.717) is 16.5 Å². The molecule has 0 aromatic heterocycles. The molecule has 2 aromatic rings. The predicted molar refractivity (Wildman–Crippen MR) is 69.2 cm³/mol. The number of hydrogen-bond acceptors (Lipinski definition) is 3. The molecule has 7 heteroatoms. The van der Waals surface area contributed by atoms with E-state index in [0.717, 1.165) is 0 Å². The maximum absolute atomic E-state index is 11.3. The van der Waals surface area contributed by atoms with Crippen LogP contribution < -0.4 is 11.5 Å². The molecule has 0 atom stereocenters. The largest absolute Gasteiger partial charge is 0.370 e. The van der Waals surface area contributed by atoms with Crippen LogP contribution >= 0.6 is 0 Å². The molecule has 0 saturated carbocycles. The lowest BCUT2D eigenvalue weighted by Gasteiger charge is -2.06. The van der Waals surface area contributed by atoms with Crippen LogP contribution in [0.25, 0.3) is 10.8 Å². The van der Waals surface area contributed by atoms with Crippen LogP contribution in [0.15, 0.2) is 46.3 Å². The van der Waals surface area contributed by atoms with Gasteiger partial charge in [0.2, 0.25) is 0 Å². The van der Waals surface area contributed by atoms with Gasteiger partial charge in [0.15, 0.2) is 5.96 Å². The van der Waals surface area contributed by atoms with Gasteiger partial charge in [0.1, 0.15) is 4.90 Å². The standard InChI is InChI=1S/C11H11N3O3S/c12-11(13)14-9-5-6-10(18(15,16)17)8-4-2-1-3-7(8)9/h1-6H,(H4,12,13,14)(H,15,16,17). The minimum absolute atomic E-state index is 0.125. The lowest BCUT2D eigenvalue weighted by atomic mass is 10.1. The van der Waals surface area contributed by atoms with Crippen molar-refractivity contribution in [2.45, 2.75) is 4.90 Å². The average molecular weight is 265 g/mol. The fourth-order valence-corrected chi connectivity index (χ4v) is 2.41. The Morgan fingerprint density at radius 3 is 2.22 bits per heavy atom. The Bertz CT molecular complexity index is 734. The van der Waals surface area contributed by atoms with Gasteiger partial charge in [-0.2, -0.15) is 8.42 Å². The first-order valence-electron chi connectivity index (χ1n) is 4.98. The van der Waals surface area contributed by atoms with Gasteiger partial charge in [-0.25, -0.2) is 4.99 Å². The summed E-state index contributed by atoms with van der Waals surface area (Å²) >= 11 is 0. The second kappa shape index (κ2) is 4.28. The minimum Gasteiger partial charge on any atom is -0.370 e. The second-order valence-electron chi connectivity index (χ2n) is 3.64. The molecule has 94 valence electrons. The van der Waals surface area contributed by atoms with Gasteiger partial charge in [-0.1, -0.05) is 24.3 Å². The molecule has 0 saturated heterocycles. The number of benzene rings is 2. The molecule has 0 unspecified atom stereocenters. The zero-order valence-electron chi connectivity index (χ0n) is 9.24. The van der Waals surface area contributed by atoms with Crippen molar-refractivity contribution in [1.82, 2.24) is 0 Å². The van der Waals surface area contributed by atoms with Gasteiger partial charge in [0.05, 0.1) is 5.69 Å². The molecule has 6 nitrogen and oxygen atoms in total. The van der Waals surface area contributed by atoms with E-state index in [1.54, 1.807) is 24.3 Å². The van der Waals surface area contributed by atoms with Gasteiger partial charge in [-0.3, -0.25) is 4.55 Å². The zero-order valence-corrected chi connectivity index (χ0v) is 10.1. The van der Waals surface area contributed by atoms with E-state index in [2.05, 4.69) is 4.99 Å². The molecule has 0 bridgehead atoms. The molecule has 5 N–H and O–H groups in total. The molecule has 0 aliphatic carbocycles. The molecule has 18 heavy (non-hydrogen) atoms. The molecule has 0 amide bonds. The van der Waals surface area contributed by atoms with Crippen LogP contribution in [-0.4, -0.2) is 18.9 Å². The summed E-state index contributed by atoms with van der Waals surface area (Å²) in [6, 6.07) is 9.33. The Morgan fingerprint density at radius 2 is 1.67 bits per heavy atom. The third kappa shape index (κ3) is 2.27. The van der Waals surface area contributed by atoms with Crippen molar-refractivity contribution in [1.29, 1.82) is 0 Å². The van der Waals surface area contributed by atoms with E-state index in [4.69, 9.17) is 16.0 Å². The van der Waals surface area contributed by atoms with E-state index in [9.17, 15) is 8.42 Å². The number of nitrogens with two attached hydrogens (primary N) is 2. The van der Waals surface area contributed by atoms with Gasteiger partial charge in [0, 0.05) is 10.8 Å². The van der Waals surface area contributed by atoms with Crippen LogP contribution in [0.1, 0.15) is 0 Å². The number of guanidine groups is 1. The van der Waals surface area contributed by atoms with Crippen LogP contribution in [0.4, 0.5) is 5.69 Å². The van der Waals surface area contributed by atoms with Crippen molar-refractivity contribution in [2.75, 3.05) is 0 Å². The van der Waals surface area contributed by atoms with Crippen LogP contribution in [0, 0.1) is 0 Å². The molecule has 0 aliphatic rings. The molecule has 0 aliphatic heterocycles. The van der Waals surface area contributed by atoms with Crippen molar-refractivity contribution in [2.24, 2.45) is 16.5 Å². The highest BCUT2D eigenvalue weighted by Crippen LogP contribution is 2.30. The Labute approximate surface area is 104 Å². The smallest absolute Gasteiger partial charge is 0.295 e. The number of rotatable bonds is 2. The summed E-state index contributed by atoms with van der Waals surface area (Å²) in [5.41, 5.74) is 11.0. The normalized spacial score (nSPS) is 11.4. The van der Waals surface area contributed by atoms with E-state index in [1.807, 2.05) is 0 Å². The number of hydrogen-bond donors (Lipinski definition) is 3. The molecule has 2 aromatic carbocycles. The van der Waals surface area contributed by atoms with Crippen LogP contribution in [0.2, 0.25) is 0 Å². The third-order valence-electron chi connectivity index (χ3n) is 2.39.